The average Bonchev–Trinajstić information content (AvgIpc) is 3.33. The second-order valence-electron chi connectivity index (χ2n) is 6.90. The summed E-state index contributed by atoms with van der Waals surface area (Å²) in [6.45, 7) is 3.33. The molecule has 2 aliphatic heterocycles. The van der Waals surface area contributed by atoms with Crippen LogP contribution in [-0.2, 0) is 11.2 Å². The fourth-order valence-electron chi connectivity index (χ4n) is 3.74. The molecule has 0 aliphatic carbocycles. The molecular formula is C20H21Cl2N5O. The molecule has 1 atom stereocenters. The van der Waals surface area contributed by atoms with Crippen LogP contribution in [0.15, 0.2) is 36.8 Å². The van der Waals surface area contributed by atoms with Gasteiger partial charge in [-0.2, -0.15) is 0 Å². The van der Waals surface area contributed by atoms with Gasteiger partial charge in [0.2, 0.25) is 5.91 Å². The normalized spacial score (nSPS) is 19.5. The second kappa shape index (κ2) is 7.97. The van der Waals surface area contributed by atoms with E-state index in [4.69, 9.17) is 23.2 Å². The highest BCUT2D eigenvalue weighted by atomic mass is 35.5. The van der Waals surface area contributed by atoms with E-state index in [2.05, 4.69) is 32.9 Å². The maximum Gasteiger partial charge on any atom is 0.224 e. The van der Waals surface area contributed by atoms with Crippen molar-refractivity contribution in [1.29, 1.82) is 0 Å². The summed E-state index contributed by atoms with van der Waals surface area (Å²) >= 11 is 12.5. The Kier molecular flexibility index (Phi) is 5.42. The standard InChI is InChI=1S/C20H21Cl2N5O/c1-2-13-10-16(21)25-19(22)18(13)14-5-6-15(20-23-7-8-24-20)27(11-14)12-26-9-3-4-17(26)28/h5-8,10-11,15H,2-4,9,12H2,1H3,(H,23,24)/t15-/m0/s1. The lowest BCUT2D eigenvalue weighted by Gasteiger charge is -2.34. The minimum atomic E-state index is -0.0868. The molecule has 4 rings (SSSR count). The highest BCUT2D eigenvalue weighted by Gasteiger charge is 2.28. The van der Waals surface area contributed by atoms with E-state index in [1.165, 1.54) is 0 Å². The summed E-state index contributed by atoms with van der Waals surface area (Å²) in [6, 6.07) is 1.76. The zero-order valence-electron chi connectivity index (χ0n) is 15.5. The Morgan fingerprint density at radius 1 is 1.36 bits per heavy atom. The van der Waals surface area contributed by atoms with Gasteiger partial charge in [-0.1, -0.05) is 42.3 Å². The minimum absolute atomic E-state index is 0.0868. The predicted octanol–water partition coefficient (Wildman–Crippen LogP) is 4.21. The number of carbonyl (C=O) groups is 1. The zero-order chi connectivity index (χ0) is 19.7. The Morgan fingerprint density at radius 2 is 2.21 bits per heavy atom. The van der Waals surface area contributed by atoms with Crippen molar-refractivity contribution in [2.24, 2.45) is 0 Å². The van der Waals surface area contributed by atoms with E-state index in [0.29, 0.717) is 23.4 Å². The van der Waals surface area contributed by atoms with E-state index in [-0.39, 0.29) is 11.9 Å². The lowest BCUT2D eigenvalue weighted by molar-refractivity contribution is -0.129. The predicted molar refractivity (Wildman–Crippen MR) is 110 cm³/mol. The number of H-pyrrole nitrogens is 1. The first-order chi connectivity index (χ1) is 13.6. The molecule has 28 heavy (non-hydrogen) atoms. The molecule has 1 N–H and O–H groups in total. The molecule has 0 unspecified atom stereocenters. The number of aromatic amines is 1. The van der Waals surface area contributed by atoms with Gasteiger partial charge >= 0.3 is 0 Å². The SMILES string of the molecule is CCc1cc(Cl)nc(Cl)c1C1=CN(CN2CCCC2=O)[C@H](c2ncc[nH]2)C=C1. The largest absolute Gasteiger partial charge is 0.347 e. The van der Waals surface area contributed by atoms with Crippen molar-refractivity contribution >= 4 is 34.7 Å². The number of nitrogens with one attached hydrogen (secondary N) is 1. The van der Waals surface area contributed by atoms with Crippen LogP contribution in [0.1, 0.15) is 42.8 Å². The number of aromatic nitrogens is 3. The number of halogens is 2. The number of rotatable bonds is 5. The average molecular weight is 418 g/mol. The fourth-order valence-corrected chi connectivity index (χ4v) is 4.32. The Bertz CT molecular complexity index is 938. The van der Waals surface area contributed by atoms with Crippen LogP contribution >= 0.6 is 23.2 Å². The van der Waals surface area contributed by atoms with Crippen LogP contribution in [-0.4, -0.2) is 43.9 Å². The van der Waals surface area contributed by atoms with Crippen molar-refractivity contribution in [1.82, 2.24) is 24.8 Å². The molecule has 1 saturated heterocycles. The first-order valence-corrected chi connectivity index (χ1v) is 10.1. The molecule has 0 radical (unpaired) electrons. The quantitative estimate of drug-likeness (QED) is 0.739. The fraction of sp³-hybridized carbons (Fsp3) is 0.350. The molecule has 6 nitrogen and oxygen atoms in total. The Morgan fingerprint density at radius 3 is 2.89 bits per heavy atom. The molecule has 0 aromatic carbocycles. The summed E-state index contributed by atoms with van der Waals surface area (Å²) in [7, 11) is 0. The monoisotopic (exact) mass is 417 g/mol. The smallest absolute Gasteiger partial charge is 0.224 e. The van der Waals surface area contributed by atoms with Crippen LogP contribution < -0.4 is 0 Å². The molecule has 0 saturated carbocycles. The first-order valence-electron chi connectivity index (χ1n) is 9.35. The maximum absolute atomic E-state index is 12.2. The molecule has 2 aromatic heterocycles. The van der Waals surface area contributed by atoms with Gasteiger partial charge in [0.25, 0.3) is 0 Å². The van der Waals surface area contributed by atoms with E-state index in [1.54, 1.807) is 12.4 Å². The molecule has 1 fully saturated rings. The van der Waals surface area contributed by atoms with Gasteiger partial charge in [-0.05, 0) is 24.5 Å². The van der Waals surface area contributed by atoms with Crippen molar-refractivity contribution in [2.45, 2.75) is 32.2 Å². The Hall–Kier alpha value is -2.31. The summed E-state index contributed by atoms with van der Waals surface area (Å²) < 4.78 is 0. The molecule has 1 amide bonds. The van der Waals surface area contributed by atoms with E-state index < -0.39 is 0 Å². The Labute approximate surface area is 173 Å². The molecule has 146 valence electrons. The number of hydrogen-bond donors (Lipinski definition) is 1. The van der Waals surface area contributed by atoms with Crippen molar-refractivity contribution in [3.63, 3.8) is 0 Å². The Balaban J connectivity index is 1.72. The van der Waals surface area contributed by atoms with Gasteiger partial charge in [0.1, 0.15) is 22.2 Å². The van der Waals surface area contributed by atoms with Gasteiger partial charge in [0.15, 0.2) is 0 Å². The summed E-state index contributed by atoms with van der Waals surface area (Å²) in [5.74, 6) is 1.01. The van der Waals surface area contributed by atoms with Gasteiger partial charge in [0, 0.05) is 42.7 Å². The van der Waals surface area contributed by atoms with Crippen LogP contribution in [0.4, 0.5) is 0 Å². The zero-order valence-corrected chi connectivity index (χ0v) is 17.0. The molecule has 8 heteroatoms. The lowest BCUT2D eigenvalue weighted by Crippen LogP contribution is -2.38. The van der Waals surface area contributed by atoms with E-state index in [0.717, 1.165) is 41.9 Å². The van der Waals surface area contributed by atoms with Gasteiger partial charge in [0.05, 0.1) is 6.67 Å². The van der Waals surface area contributed by atoms with Gasteiger partial charge < -0.3 is 14.8 Å². The van der Waals surface area contributed by atoms with Crippen molar-refractivity contribution in [3.05, 3.63) is 64.1 Å². The van der Waals surface area contributed by atoms with Crippen LogP contribution in [0, 0.1) is 0 Å². The second-order valence-corrected chi connectivity index (χ2v) is 7.65. The number of imidazole rings is 1. The molecular weight excluding hydrogens is 397 g/mol. The number of allylic oxidation sites excluding steroid dienone is 2. The third kappa shape index (κ3) is 3.66. The highest BCUT2D eigenvalue weighted by molar-refractivity contribution is 6.33. The van der Waals surface area contributed by atoms with Crippen LogP contribution in [0.3, 0.4) is 0 Å². The van der Waals surface area contributed by atoms with E-state index in [9.17, 15) is 4.79 Å². The topological polar surface area (TPSA) is 65.1 Å². The number of carbonyl (C=O) groups excluding carboxylic acids is 1. The van der Waals surface area contributed by atoms with Crippen LogP contribution in [0.5, 0.6) is 0 Å². The molecule has 0 bridgehead atoms. The van der Waals surface area contributed by atoms with Gasteiger partial charge in [-0.3, -0.25) is 4.79 Å². The molecule has 2 aliphatic rings. The van der Waals surface area contributed by atoms with Gasteiger partial charge in [-0.25, -0.2) is 9.97 Å². The summed E-state index contributed by atoms with van der Waals surface area (Å²) in [6.07, 6.45) is 12.0. The van der Waals surface area contributed by atoms with E-state index >= 15 is 0 Å². The van der Waals surface area contributed by atoms with Crippen molar-refractivity contribution in [2.75, 3.05) is 13.2 Å². The number of nitrogens with zero attached hydrogens (tertiary/aromatic N) is 4. The summed E-state index contributed by atoms with van der Waals surface area (Å²) in [5.41, 5.74) is 2.86. The lowest BCUT2D eigenvalue weighted by atomic mass is 9.97. The number of aryl methyl sites for hydroxylation is 1. The molecule has 4 heterocycles. The van der Waals surface area contributed by atoms with Crippen LogP contribution in [0.2, 0.25) is 10.3 Å². The summed E-state index contributed by atoms with van der Waals surface area (Å²) in [4.78, 5) is 28.0. The number of likely N-dealkylation sites (tertiary alicyclic amines) is 1. The third-order valence-electron chi connectivity index (χ3n) is 5.12. The van der Waals surface area contributed by atoms with E-state index in [1.807, 2.05) is 23.2 Å². The minimum Gasteiger partial charge on any atom is -0.347 e. The number of hydrogen-bond acceptors (Lipinski definition) is 4. The first kappa shape index (κ1) is 19.0. The molecule has 2 aromatic rings. The number of pyridine rings is 1. The van der Waals surface area contributed by atoms with Crippen molar-refractivity contribution < 1.29 is 4.79 Å². The van der Waals surface area contributed by atoms with Gasteiger partial charge in [-0.15, -0.1) is 0 Å². The summed E-state index contributed by atoms with van der Waals surface area (Å²) in [5, 5.41) is 0.771. The van der Waals surface area contributed by atoms with Crippen LogP contribution in [0.25, 0.3) is 5.57 Å². The highest BCUT2D eigenvalue weighted by Crippen LogP contribution is 2.35. The third-order valence-corrected chi connectivity index (χ3v) is 5.59. The van der Waals surface area contributed by atoms with Crippen molar-refractivity contribution in [3.8, 4) is 0 Å². The maximum atomic E-state index is 12.2. The number of amides is 1. The molecule has 0 spiro atoms.